The number of carbonyl (C=O) groups excluding carboxylic acids is 2. The lowest BCUT2D eigenvalue weighted by Crippen LogP contribution is -2.13. The molecule has 0 bridgehead atoms. The quantitative estimate of drug-likeness (QED) is 0.709. The number of nitrogens with zero attached hydrogens (tertiary/aromatic N) is 1. The Labute approximate surface area is 145 Å². The van der Waals surface area contributed by atoms with Crippen molar-refractivity contribution in [2.45, 2.75) is 12.8 Å². The number of anilines is 1. The van der Waals surface area contributed by atoms with Crippen LogP contribution in [0.5, 0.6) is 0 Å². The smallest absolute Gasteiger partial charge is 0.224 e. The normalized spacial score (nSPS) is 10.2. The van der Waals surface area contributed by atoms with Crippen molar-refractivity contribution in [1.29, 1.82) is 5.26 Å². The molecule has 0 fully saturated rings. The highest BCUT2D eigenvalue weighted by Gasteiger charge is 2.10. The lowest BCUT2D eigenvalue weighted by atomic mass is 10.0. The van der Waals surface area contributed by atoms with Crippen LogP contribution in [0.25, 0.3) is 10.8 Å². The fourth-order valence-electron chi connectivity index (χ4n) is 2.62. The van der Waals surface area contributed by atoms with E-state index in [-0.39, 0.29) is 24.5 Å². The average molecular weight is 328 g/mol. The van der Waals surface area contributed by atoms with Crippen LogP contribution in [0, 0.1) is 11.3 Å². The molecule has 4 nitrogen and oxygen atoms in total. The van der Waals surface area contributed by atoms with Gasteiger partial charge in [-0.25, -0.2) is 0 Å². The number of hydrogen-bond acceptors (Lipinski definition) is 3. The molecule has 0 unspecified atom stereocenters. The summed E-state index contributed by atoms with van der Waals surface area (Å²) >= 11 is 0. The first-order valence-electron chi connectivity index (χ1n) is 7.98. The Morgan fingerprint density at radius 3 is 2.48 bits per heavy atom. The SMILES string of the molecule is N#Cc1cccc(NC(=O)CCC(=O)c2ccc3ccccc3c2)c1. The maximum atomic E-state index is 12.3. The van der Waals surface area contributed by atoms with Gasteiger partial charge in [0.1, 0.15) is 0 Å². The van der Waals surface area contributed by atoms with Crippen molar-refractivity contribution in [1.82, 2.24) is 0 Å². The van der Waals surface area contributed by atoms with E-state index in [1.807, 2.05) is 42.5 Å². The number of fused-ring (bicyclic) bond motifs is 1. The van der Waals surface area contributed by atoms with Crippen molar-refractivity contribution in [2.24, 2.45) is 0 Å². The highest BCUT2D eigenvalue weighted by atomic mass is 16.2. The summed E-state index contributed by atoms with van der Waals surface area (Å²) < 4.78 is 0. The molecule has 0 aromatic heterocycles. The highest BCUT2D eigenvalue weighted by Crippen LogP contribution is 2.17. The van der Waals surface area contributed by atoms with Gasteiger partial charge in [0.2, 0.25) is 5.91 Å². The zero-order valence-corrected chi connectivity index (χ0v) is 13.5. The second-order valence-corrected chi connectivity index (χ2v) is 5.73. The lowest BCUT2D eigenvalue weighted by molar-refractivity contribution is -0.116. The Morgan fingerprint density at radius 2 is 1.68 bits per heavy atom. The van der Waals surface area contributed by atoms with Crippen molar-refractivity contribution in [3.05, 3.63) is 77.9 Å². The fourth-order valence-corrected chi connectivity index (χ4v) is 2.62. The molecule has 0 aliphatic heterocycles. The number of amides is 1. The van der Waals surface area contributed by atoms with E-state index in [4.69, 9.17) is 5.26 Å². The molecule has 0 saturated carbocycles. The van der Waals surface area contributed by atoms with Crippen LogP contribution < -0.4 is 5.32 Å². The van der Waals surface area contributed by atoms with E-state index in [0.717, 1.165) is 10.8 Å². The second-order valence-electron chi connectivity index (χ2n) is 5.73. The molecule has 3 rings (SSSR count). The predicted octanol–water partition coefficient (Wildman–Crippen LogP) is 4.31. The number of nitrogens with one attached hydrogen (secondary N) is 1. The maximum absolute atomic E-state index is 12.3. The molecule has 1 amide bonds. The van der Waals surface area contributed by atoms with Gasteiger partial charge in [-0.05, 0) is 35.0 Å². The number of carbonyl (C=O) groups is 2. The summed E-state index contributed by atoms with van der Waals surface area (Å²) in [5.41, 5.74) is 1.64. The zero-order valence-electron chi connectivity index (χ0n) is 13.5. The molecule has 3 aromatic rings. The molecular formula is C21H16N2O2. The summed E-state index contributed by atoms with van der Waals surface area (Å²) in [7, 11) is 0. The summed E-state index contributed by atoms with van der Waals surface area (Å²) in [5, 5.41) is 13.7. The van der Waals surface area contributed by atoms with Crippen LogP contribution in [0.3, 0.4) is 0 Å². The number of hydrogen-bond donors (Lipinski definition) is 1. The van der Waals surface area contributed by atoms with Crippen molar-refractivity contribution in [3.8, 4) is 6.07 Å². The standard InChI is InChI=1S/C21H16N2O2/c22-14-15-4-3-7-19(12-15)23-21(25)11-10-20(24)18-9-8-16-5-1-2-6-17(16)13-18/h1-9,12-13H,10-11H2,(H,23,25). The van der Waals surface area contributed by atoms with Crippen LogP contribution in [-0.4, -0.2) is 11.7 Å². The van der Waals surface area contributed by atoms with Gasteiger partial charge < -0.3 is 5.32 Å². The van der Waals surface area contributed by atoms with E-state index in [1.165, 1.54) is 0 Å². The van der Waals surface area contributed by atoms with Gasteiger partial charge in [-0.15, -0.1) is 0 Å². The molecule has 0 aliphatic carbocycles. The van der Waals surface area contributed by atoms with Crippen molar-refractivity contribution < 1.29 is 9.59 Å². The highest BCUT2D eigenvalue weighted by molar-refractivity contribution is 6.02. The van der Waals surface area contributed by atoms with Gasteiger partial charge in [-0.3, -0.25) is 9.59 Å². The van der Waals surface area contributed by atoms with Gasteiger partial charge in [-0.2, -0.15) is 5.26 Å². The molecule has 4 heteroatoms. The fraction of sp³-hybridized carbons (Fsp3) is 0.0952. The minimum atomic E-state index is -0.246. The van der Waals surface area contributed by atoms with Crippen LogP contribution in [-0.2, 0) is 4.79 Å². The predicted molar refractivity (Wildman–Crippen MR) is 97.3 cm³/mol. The topological polar surface area (TPSA) is 70.0 Å². The molecule has 3 aromatic carbocycles. The Bertz CT molecular complexity index is 986. The summed E-state index contributed by atoms with van der Waals surface area (Å²) in [6.07, 6.45) is 0.241. The van der Waals surface area contributed by atoms with E-state index in [1.54, 1.807) is 30.3 Å². The van der Waals surface area contributed by atoms with Crippen molar-refractivity contribution >= 4 is 28.2 Å². The molecule has 0 atom stereocenters. The molecule has 122 valence electrons. The summed E-state index contributed by atoms with van der Waals surface area (Å²) in [5.74, 6) is -0.309. The first-order valence-corrected chi connectivity index (χ1v) is 7.98. The van der Waals surface area contributed by atoms with E-state index >= 15 is 0 Å². The van der Waals surface area contributed by atoms with Gasteiger partial charge in [0.15, 0.2) is 5.78 Å². The lowest BCUT2D eigenvalue weighted by Gasteiger charge is -2.06. The van der Waals surface area contributed by atoms with Crippen LogP contribution in [0.15, 0.2) is 66.7 Å². The average Bonchev–Trinajstić information content (AvgIpc) is 2.65. The molecule has 25 heavy (non-hydrogen) atoms. The number of nitriles is 1. The third-order valence-electron chi connectivity index (χ3n) is 3.93. The zero-order chi connectivity index (χ0) is 17.6. The number of rotatable bonds is 5. The van der Waals surface area contributed by atoms with Gasteiger partial charge >= 0.3 is 0 Å². The second kappa shape index (κ2) is 7.41. The Balaban J connectivity index is 1.60. The molecule has 0 aliphatic rings. The van der Waals surface area contributed by atoms with Crippen molar-refractivity contribution in [2.75, 3.05) is 5.32 Å². The van der Waals surface area contributed by atoms with E-state index in [9.17, 15) is 9.59 Å². The minimum absolute atomic E-state index is 0.0633. The van der Waals surface area contributed by atoms with Crippen LogP contribution in [0.2, 0.25) is 0 Å². The molecular weight excluding hydrogens is 312 g/mol. The van der Waals surface area contributed by atoms with Gasteiger partial charge in [0, 0.05) is 24.1 Å². The van der Waals surface area contributed by atoms with Crippen LogP contribution in [0.4, 0.5) is 5.69 Å². The minimum Gasteiger partial charge on any atom is -0.326 e. The first-order chi connectivity index (χ1) is 12.2. The molecule has 0 spiro atoms. The van der Waals surface area contributed by atoms with Crippen LogP contribution >= 0.6 is 0 Å². The molecule has 0 radical (unpaired) electrons. The van der Waals surface area contributed by atoms with E-state index in [0.29, 0.717) is 16.8 Å². The maximum Gasteiger partial charge on any atom is 0.224 e. The van der Waals surface area contributed by atoms with E-state index < -0.39 is 0 Å². The number of Topliss-reactive ketones (excluding diaryl/α,β-unsaturated/α-hetero) is 1. The third-order valence-corrected chi connectivity index (χ3v) is 3.93. The Hall–Kier alpha value is -3.45. The first kappa shape index (κ1) is 16.4. The molecule has 0 heterocycles. The molecule has 1 N–H and O–H groups in total. The largest absolute Gasteiger partial charge is 0.326 e. The summed E-state index contributed by atoms with van der Waals surface area (Å²) in [4.78, 5) is 24.3. The van der Waals surface area contributed by atoms with Crippen molar-refractivity contribution in [3.63, 3.8) is 0 Å². The third kappa shape index (κ3) is 4.10. The molecule has 0 saturated heterocycles. The van der Waals surface area contributed by atoms with Gasteiger partial charge in [0.25, 0.3) is 0 Å². The summed E-state index contributed by atoms with van der Waals surface area (Å²) in [6.45, 7) is 0. The Kier molecular flexibility index (Phi) is 4.87. The number of benzene rings is 3. The number of ketones is 1. The van der Waals surface area contributed by atoms with Crippen LogP contribution in [0.1, 0.15) is 28.8 Å². The van der Waals surface area contributed by atoms with E-state index in [2.05, 4.69) is 5.32 Å². The monoisotopic (exact) mass is 328 g/mol. The van der Waals surface area contributed by atoms with Gasteiger partial charge in [0.05, 0.1) is 11.6 Å². The Morgan fingerprint density at radius 1 is 0.880 bits per heavy atom. The summed E-state index contributed by atoms with van der Waals surface area (Å²) in [6, 6.07) is 22.1. The van der Waals surface area contributed by atoms with Gasteiger partial charge in [-0.1, -0.05) is 42.5 Å².